The largest absolute Gasteiger partial charge is 0.264 e. The lowest BCUT2D eigenvalue weighted by Gasteiger charge is -2.19. The van der Waals surface area contributed by atoms with E-state index in [2.05, 4.69) is 11.8 Å². The van der Waals surface area contributed by atoms with Gasteiger partial charge in [-0.15, -0.1) is 5.92 Å². The lowest BCUT2D eigenvalue weighted by atomic mass is 9.89. The molecule has 0 N–H and O–H groups in total. The van der Waals surface area contributed by atoms with Crippen LogP contribution in [-0.4, -0.2) is 10.5 Å². The SMILES string of the molecule is CC#CCC1([N+](=O)[O-])C=CC=CC1. The van der Waals surface area contributed by atoms with E-state index in [9.17, 15) is 10.1 Å². The average molecular weight is 177 g/mol. The van der Waals surface area contributed by atoms with Gasteiger partial charge >= 0.3 is 0 Å². The Kier molecular flexibility index (Phi) is 2.86. The molecule has 0 radical (unpaired) electrons. The number of hydrogen-bond acceptors (Lipinski definition) is 2. The van der Waals surface area contributed by atoms with E-state index in [1.54, 1.807) is 25.2 Å². The van der Waals surface area contributed by atoms with E-state index in [1.165, 1.54) is 0 Å². The lowest BCUT2D eigenvalue weighted by Crippen LogP contribution is -2.36. The molecule has 1 aliphatic rings. The number of allylic oxidation sites excluding steroid dienone is 2. The highest BCUT2D eigenvalue weighted by molar-refractivity contribution is 5.21. The molecule has 0 saturated heterocycles. The molecule has 1 rings (SSSR count). The summed E-state index contributed by atoms with van der Waals surface area (Å²) in [7, 11) is 0. The third kappa shape index (κ3) is 1.97. The average Bonchev–Trinajstić information content (AvgIpc) is 2.16. The van der Waals surface area contributed by atoms with Gasteiger partial charge in [-0.05, 0) is 13.0 Å². The molecule has 0 fully saturated rings. The van der Waals surface area contributed by atoms with Gasteiger partial charge < -0.3 is 0 Å². The van der Waals surface area contributed by atoms with Crippen molar-refractivity contribution in [2.45, 2.75) is 25.3 Å². The van der Waals surface area contributed by atoms with E-state index in [0.717, 1.165) is 0 Å². The standard InChI is InChI=1S/C10H11NO2/c1-2-3-7-10(11(12)13)8-5-4-6-9-10/h4-6,8H,7,9H2,1H3. The van der Waals surface area contributed by atoms with Gasteiger partial charge in [0.2, 0.25) is 0 Å². The van der Waals surface area contributed by atoms with Gasteiger partial charge in [0.1, 0.15) is 0 Å². The van der Waals surface area contributed by atoms with E-state index in [0.29, 0.717) is 6.42 Å². The van der Waals surface area contributed by atoms with Gasteiger partial charge in [-0.2, -0.15) is 0 Å². The Morgan fingerprint density at radius 2 is 2.38 bits per heavy atom. The highest BCUT2D eigenvalue weighted by Crippen LogP contribution is 2.24. The van der Waals surface area contributed by atoms with Gasteiger partial charge in [0.25, 0.3) is 5.54 Å². The summed E-state index contributed by atoms with van der Waals surface area (Å²) in [5.74, 6) is 5.45. The first-order valence-corrected chi connectivity index (χ1v) is 4.10. The Morgan fingerprint density at radius 3 is 2.85 bits per heavy atom. The third-order valence-corrected chi connectivity index (χ3v) is 2.06. The minimum atomic E-state index is -0.988. The van der Waals surface area contributed by atoms with Crippen LogP contribution in [0.2, 0.25) is 0 Å². The molecule has 13 heavy (non-hydrogen) atoms. The summed E-state index contributed by atoms with van der Waals surface area (Å²) in [5, 5.41) is 10.8. The fourth-order valence-electron chi connectivity index (χ4n) is 1.23. The monoisotopic (exact) mass is 177 g/mol. The predicted molar refractivity (Wildman–Crippen MR) is 50.7 cm³/mol. The van der Waals surface area contributed by atoms with E-state index in [4.69, 9.17) is 0 Å². The normalized spacial score (nSPS) is 25.0. The maximum Gasteiger partial charge on any atom is 0.254 e. The van der Waals surface area contributed by atoms with Crippen molar-refractivity contribution >= 4 is 0 Å². The quantitative estimate of drug-likeness (QED) is 0.367. The van der Waals surface area contributed by atoms with Crippen molar-refractivity contribution in [1.29, 1.82) is 0 Å². The Bertz CT molecular complexity index is 320. The van der Waals surface area contributed by atoms with Crippen molar-refractivity contribution in [3.05, 3.63) is 34.4 Å². The Morgan fingerprint density at radius 1 is 1.62 bits per heavy atom. The Labute approximate surface area is 77.3 Å². The molecule has 3 nitrogen and oxygen atoms in total. The van der Waals surface area contributed by atoms with Crippen LogP contribution in [0.1, 0.15) is 19.8 Å². The molecular weight excluding hydrogens is 166 g/mol. The van der Waals surface area contributed by atoms with E-state index >= 15 is 0 Å². The number of nitro groups is 1. The van der Waals surface area contributed by atoms with Crippen molar-refractivity contribution < 1.29 is 4.92 Å². The van der Waals surface area contributed by atoms with Gasteiger partial charge in [-0.25, -0.2) is 0 Å². The van der Waals surface area contributed by atoms with Crippen LogP contribution in [0.5, 0.6) is 0 Å². The summed E-state index contributed by atoms with van der Waals surface area (Å²) in [6.45, 7) is 1.69. The molecule has 0 bridgehead atoms. The minimum absolute atomic E-state index is 0.253. The Balaban J connectivity index is 2.86. The first-order chi connectivity index (χ1) is 6.21. The van der Waals surface area contributed by atoms with Gasteiger partial charge in [-0.1, -0.05) is 24.1 Å². The molecule has 1 aliphatic carbocycles. The van der Waals surface area contributed by atoms with Crippen LogP contribution in [-0.2, 0) is 0 Å². The molecule has 0 heterocycles. The maximum atomic E-state index is 10.8. The van der Waals surface area contributed by atoms with Crippen LogP contribution in [0.15, 0.2) is 24.3 Å². The van der Waals surface area contributed by atoms with E-state index in [1.807, 2.05) is 6.08 Å². The summed E-state index contributed by atoms with van der Waals surface area (Å²) in [5.41, 5.74) is -0.988. The molecule has 68 valence electrons. The minimum Gasteiger partial charge on any atom is -0.264 e. The van der Waals surface area contributed by atoms with Gasteiger partial charge in [0.15, 0.2) is 0 Å². The fraction of sp³-hybridized carbons (Fsp3) is 0.400. The molecule has 0 amide bonds. The van der Waals surface area contributed by atoms with Crippen LogP contribution < -0.4 is 0 Å². The highest BCUT2D eigenvalue weighted by atomic mass is 16.6. The van der Waals surface area contributed by atoms with Crippen LogP contribution >= 0.6 is 0 Å². The second kappa shape index (κ2) is 3.90. The van der Waals surface area contributed by atoms with Crippen LogP contribution in [0.25, 0.3) is 0 Å². The van der Waals surface area contributed by atoms with Gasteiger partial charge in [0.05, 0.1) is 6.42 Å². The molecular formula is C10H11NO2. The number of nitrogens with zero attached hydrogens (tertiary/aromatic N) is 1. The second-order valence-electron chi connectivity index (χ2n) is 2.96. The summed E-state index contributed by atoms with van der Waals surface area (Å²) >= 11 is 0. The fourth-order valence-corrected chi connectivity index (χ4v) is 1.23. The first kappa shape index (κ1) is 9.53. The molecule has 0 saturated carbocycles. The van der Waals surface area contributed by atoms with Crippen molar-refractivity contribution in [1.82, 2.24) is 0 Å². The molecule has 0 aliphatic heterocycles. The van der Waals surface area contributed by atoms with E-state index in [-0.39, 0.29) is 11.3 Å². The molecule has 0 spiro atoms. The van der Waals surface area contributed by atoms with Gasteiger partial charge in [-0.3, -0.25) is 10.1 Å². The summed E-state index contributed by atoms with van der Waals surface area (Å²) in [6.07, 6.45) is 7.69. The van der Waals surface area contributed by atoms with Crippen LogP contribution in [0.3, 0.4) is 0 Å². The second-order valence-corrected chi connectivity index (χ2v) is 2.96. The molecule has 1 unspecified atom stereocenters. The zero-order valence-corrected chi connectivity index (χ0v) is 7.49. The third-order valence-electron chi connectivity index (χ3n) is 2.06. The topological polar surface area (TPSA) is 43.1 Å². The van der Waals surface area contributed by atoms with Crippen LogP contribution in [0.4, 0.5) is 0 Å². The van der Waals surface area contributed by atoms with Crippen LogP contribution in [0, 0.1) is 22.0 Å². The summed E-state index contributed by atoms with van der Waals surface area (Å²) < 4.78 is 0. The van der Waals surface area contributed by atoms with Crippen molar-refractivity contribution in [2.75, 3.05) is 0 Å². The summed E-state index contributed by atoms with van der Waals surface area (Å²) in [6, 6.07) is 0. The maximum absolute atomic E-state index is 10.8. The summed E-state index contributed by atoms with van der Waals surface area (Å²) in [4.78, 5) is 10.6. The number of rotatable bonds is 2. The first-order valence-electron chi connectivity index (χ1n) is 4.10. The molecule has 3 heteroatoms. The van der Waals surface area contributed by atoms with Crippen molar-refractivity contribution in [3.8, 4) is 11.8 Å². The molecule has 0 aromatic carbocycles. The van der Waals surface area contributed by atoms with Crippen molar-refractivity contribution in [2.24, 2.45) is 0 Å². The zero-order chi connectivity index (χ0) is 9.73. The molecule has 0 aromatic heterocycles. The molecule has 0 aromatic rings. The molecule has 1 atom stereocenters. The Hall–Kier alpha value is -1.56. The van der Waals surface area contributed by atoms with Crippen molar-refractivity contribution in [3.63, 3.8) is 0 Å². The predicted octanol–water partition coefficient (Wildman–Crippen LogP) is 1.93. The highest BCUT2D eigenvalue weighted by Gasteiger charge is 2.38. The smallest absolute Gasteiger partial charge is 0.254 e. The zero-order valence-electron chi connectivity index (χ0n) is 7.49. The van der Waals surface area contributed by atoms with Gasteiger partial charge in [0, 0.05) is 11.3 Å². The lowest BCUT2D eigenvalue weighted by molar-refractivity contribution is -0.553. The number of hydrogen-bond donors (Lipinski definition) is 0. The van der Waals surface area contributed by atoms with E-state index < -0.39 is 5.54 Å².